The molecule has 0 bridgehead atoms. The van der Waals surface area contributed by atoms with E-state index in [-0.39, 0.29) is 0 Å². The zero-order valence-electron chi connectivity index (χ0n) is 10.2. The summed E-state index contributed by atoms with van der Waals surface area (Å²) in [5.74, 6) is 0. The number of hydrogen-bond acceptors (Lipinski definition) is 2. The smallest absolute Gasteiger partial charge is 0.166 e. The quantitative estimate of drug-likeness (QED) is 0.729. The molecular weight excluding hydrogens is 218 g/mol. The molecule has 2 fully saturated rings. The van der Waals surface area contributed by atoms with Crippen molar-refractivity contribution in [2.45, 2.75) is 51.1 Å². The van der Waals surface area contributed by atoms with Crippen LogP contribution in [0.3, 0.4) is 0 Å². The number of piperidine rings is 1. The highest BCUT2D eigenvalue weighted by Crippen LogP contribution is 2.18. The molecule has 1 unspecified atom stereocenters. The monoisotopic (exact) mass is 241 g/mol. The summed E-state index contributed by atoms with van der Waals surface area (Å²) >= 11 is 5.27. The predicted octanol–water partition coefficient (Wildman–Crippen LogP) is 1.49. The summed E-state index contributed by atoms with van der Waals surface area (Å²) in [5.41, 5.74) is 0. The van der Waals surface area contributed by atoms with Crippen molar-refractivity contribution in [3.63, 3.8) is 0 Å². The standard InChI is InChI=1S/C12H23N3S/c1-10(9-15-7-3-2-4-8-15)13-12(16)14-11-5-6-11/h10-11H,2-9H2,1H3,(H2,13,14,16). The molecular formula is C12H23N3S. The number of likely N-dealkylation sites (tertiary alicyclic amines) is 1. The molecule has 0 radical (unpaired) electrons. The molecule has 2 aliphatic rings. The van der Waals surface area contributed by atoms with E-state index in [9.17, 15) is 0 Å². The molecule has 1 saturated carbocycles. The van der Waals surface area contributed by atoms with E-state index in [0.29, 0.717) is 12.1 Å². The molecule has 1 aliphatic carbocycles. The summed E-state index contributed by atoms with van der Waals surface area (Å²) in [4.78, 5) is 2.54. The van der Waals surface area contributed by atoms with Gasteiger partial charge in [-0.2, -0.15) is 0 Å². The van der Waals surface area contributed by atoms with Crippen molar-refractivity contribution in [2.24, 2.45) is 0 Å². The summed E-state index contributed by atoms with van der Waals surface area (Å²) in [6, 6.07) is 1.11. The van der Waals surface area contributed by atoms with Gasteiger partial charge in [0.2, 0.25) is 0 Å². The fourth-order valence-corrected chi connectivity index (χ4v) is 2.62. The molecule has 0 spiro atoms. The lowest BCUT2D eigenvalue weighted by atomic mass is 10.1. The highest BCUT2D eigenvalue weighted by molar-refractivity contribution is 7.80. The molecule has 16 heavy (non-hydrogen) atoms. The Bertz CT molecular complexity index is 234. The average molecular weight is 241 g/mol. The summed E-state index contributed by atoms with van der Waals surface area (Å²) in [6.07, 6.45) is 6.68. The molecule has 3 nitrogen and oxygen atoms in total. The van der Waals surface area contributed by atoms with Crippen LogP contribution in [0.1, 0.15) is 39.0 Å². The van der Waals surface area contributed by atoms with E-state index < -0.39 is 0 Å². The molecule has 2 N–H and O–H groups in total. The molecule has 0 amide bonds. The zero-order chi connectivity index (χ0) is 11.4. The first-order chi connectivity index (χ1) is 7.74. The van der Waals surface area contributed by atoms with E-state index in [1.54, 1.807) is 0 Å². The van der Waals surface area contributed by atoms with Crippen molar-refractivity contribution >= 4 is 17.3 Å². The van der Waals surface area contributed by atoms with Gasteiger partial charge in [0.25, 0.3) is 0 Å². The van der Waals surface area contributed by atoms with Crippen molar-refractivity contribution in [3.8, 4) is 0 Å². The minimum atomic E-state index is 0.455. The molecule has 0 aromatic rings. The fraction of sp³-hybridized carbons (Fsp3) is 0.917. The van der Waals surface area contributed by atoms with Crippen molar-refractivity contribution in [1.29, 1.82) is 0 Å². The Hall–Kier alpha value is -0.350. The highest BCUT2D eigenvalue weighted by Gasteiger charge is 2.22. The van der Waals surface area contributed by atoms with E-state index in [4.69, 9.17) is 12.2 Å². The second-order valence-electron chi connectivity index (χ2n) is 5.15. The Morgan fingerprint density at radius 1 is 1.31 bits per heavy atom. The summed E-state index contributed by atoms with van der Waals surface area (Å²) in [7, 11) is 0. The van der Waals surface area contributed by atoms with Crippen LogP contribution in [0.15, 0.2) is 0 Å². The Labute approximate surface area is 104 Å². The van der Waals surface area contributed by atoms with Crippen molar-refractivity contribution in [2.75, 3.05) is 19.6 Å². The second-order valence-corrected chi connectivity index (χ2v) is 5.56. The maximum atomic E-state index is 5.27. The van der Waals surface area contributed by atoms with E-state index in [1.807, 2.05) is 0 Å². The van der Waals surface area contributed by atoms with Gasteiger partial charge >= 0.3 is 0 Å². The lowest BCUT2D eigenvalue weighted by Crippen LogP contribution is -2.47. The molecule has 0 aromatic heterocycles. The molecule has 1 atom stereocenters. The van der Waals surface area contributed by atoms with Gasteiger partial charge in [0.05, 0.1) is 0 Å². The van der Waals surface area contributed by atoms with E-state index >= 15 is 0 Å². The Morgan fingerprint density at radius 2 is 2.00 bits per heavy atom. The maximum absolute atomic E-state index is 5.27. The maximum Gasteiger partial charge on any atom is 0.166 e. The third kappa shape index (κ3) is 4.26. The average Bonchev–Trinajstić information content (AvgIpc) is 3.02. The van der Waals surface area contributed by atoms with Crippen molar-refractivity contribution in [3.05, 3.63) is 0 Å². The zero-order valence-corrected chi connectivity index (χ0v) is 11.0. The molecule has 2 rings (SSSR count). The Balaban J connectivity index is 1.61. The third-order valence-corrected chi connectivity index (χ3v) is 3.51. The number of nitrogens with zero attached hydrogens (tertiary/aromatic N) is 1. The van der Waals surface area contributed by atoms with Crippen LogP contribution in [0.2, 0.25) is 0 Å². The number of nitrogens with one attached hydrogen (secondary N) is 2. The summed E-state index contributed by atoms with van der Waals surface area (Å²) < 4.78 is 0. The molecule has 92 valence electrons. The SMILES string of the molecule is CC(CN1CCCCC1)NC(=S)NC1CC1. The lowest BCUT2D eigenvalue weighted by Gasteiger charge is -2.29. The van der Waals surface area contributed by atoms with Crippen LogP contribution < -0.4 is 10.6 Å². The van der Waals surface area contributed by atoms with E-state index in [0.717, 1.165) is 11.7 Å². The normalized spacial score (nSPS) is 23.8. The van der Waals surface area contributed by atoms with Gasteiger partial charge in [-0.25, -0.2) is 0 Å². The van der Waals surface area contributed by atoms with Gasteiger partial charge < -0.3 is 15.5 Å². The topological polar surface area (TPSA) is 27.3 Å². The van der Waals surface area contributed by atoms with E-state index in [1.165, 1.54) is 45.2 Å². The van der Waals surface area contributed by atoms with Gasteiger partial charge in [-0.15, -0.1) is 0 Å². The third-order valence-electron chi connectivity index (χ3n) is 3.27. The van der Waals surface area contributed by atoms with Gasteiger partial charge in [-0.3, -0.25) is 0 Å². The lowest BCUT2D eigenvalue weighted by molar-refractivity contribution is 0.215. The highest BCUT2D eigenvalue weighted by atomic mass is 32.1. The molecule has 1 saturated heterocycles. The molecule has 1 aliphatic heterocycles. The largest absolute Gasteiger partial charge is 0.360 e. The minimum absolute atomic E-state index is 0.455. The first-order valence-corrected chi connectivity index (χ1v) is 6.94. The van der Waals surface area contributed by atoms with Gasteiger partial charge in [0, 0.05) is 18.6 Å². The number of hydrogen-bond donors (Lipinski definition) is 2. The minimum Gasteiger partial charge on any atom is -0.360 e. The molecule has 1 heterocycles. The van der Waals surface area contributed by atoms with Gasteiger partial charge in [-0.1, -0.05) is 6.42 Å². The van der Waals surface area contributed by atoms with Crippen LogP contribution >= 0.6 is 12.2 Å². The van der Waals surface area contributed by atoms with Crippen LogP contribution in [-0.2, 0) is 0 Å². The van der Waals surface area contributed by atoms with Crippen LogP contribution in [0, 0.1) is 0 Å². The van der Waals surface area contributed by atoms with Gasteiger partial charge in [0.15, 0.2) is 5.11 Å². The summed E-state index contributed by atoms with van der Waals surface area (Å²) in [5, 5.41) is 7.54. The van der Waals surface area contributed by atoms with Crippen LogP contribution in [0.5, 0.6) is 0 Å². The molecule has 0 aromatic carbocycles. The Morgan fingerprint density at radius 3 is 2.62 bits per heavy atom. The van der Waals surface area contributed by atoms with Crippen molar-refractivity contribution in [1.82, 2.24) is 15.5 Å². The first kappa shape index (κ1) is 12.1. The summed E-state index contributed by atoms with van der Waals surface area (Å²) in [6.45, 7) is 5.85. The fourth-order valence-electron chi connectivity index (χ4n) is 2.25. The Kier molecular flexibility index (Phi) is 4.41. The second kappa shape index (κ2) is 5.82. The van der Waals surface area contributed by atoms with Gasteiger partial charge in [0.1, 0.15) is 0 Å². The van der Waals surface area contributed by atoms with Crippen molar-refractivity contribution < 1.29 is 0 Å². The van der Waals surface area contributed by atoms with Crippen LogP contribution in [0.4, 0.5) is 0 Å². The van der Waals surface area contributed by atoms with Gasteiger partial charge in [-0.05, 0) is 57.9 Å². The predicted molar refractivity (Wildman–Crippen MR) is 71.6 cm³/mol. The van der Waals surface area contributed by atoms with Crippen LogP contribution in [-0.4, -0.2) is 41.7 Å². The van der Waals surface area contributed by atoms with Crippen LogP contribution in [0.25, 0.3) is 0 Å². The number of thiocarbonyl (C=S) groups is 1. The van der Waals surface area contributed by atoms with E-state index in [2.05, 4.69) is 22.5 Å². The number of rotatable bonds is 4. The molecule has 4 heteroatoms. The first-order valence-electron chi connectivity index (χ1n) is 6.53.